The fourth-order valence-corrected chi connectivity index (χ4v) is 2.85. The monoisotopic (exact) mass is 282 g/mol. The van der Waals surface area contributed by atoms with E-state index >= 15 is 0 Å². The third-order valence-corrected chi connectivity index (χ3v) is 4.19. The highest BCUT2D eigenvalue weighted by Gasteiger charge is 2.19. The van der Waals surface area contributed by atoms with Gasteiger partial charge in [0.1, 0.15) is 6.61 Å². The first-order chi connectivity index (χ1) is 9.05. The number of anilines is 1. The smallest absolute Gasteiger partial charge is 0.301 e. The summed E-state index contributed by atoms with van der Waals surface area (Å²) in [5.74, 6) is 5.22. The Bertz CT molecular complexity index is 569. The molecule has 2 N–H and O–H groups in total. The Kier molecular flexibility index (Phi) is 5.83. The lowest BCUT2D eigenvalue weighted by Crippen LogP contribution is -2.35. The van der Waals surface area contributed by atoms with Crippen LogP contribution >= 0.6 is 0 Å². The van der Waals surface area contributed by atoms with Crippen LogP contribution in [0.1, 0.15) is 19.4 Å². The van der Waals surface area contributed by atoms with Crippen LogP contribution in [0, 0.1) is 11.8 Å². The van der Waals surface area contributed by atoms with Crippen LogP contribution in [-0.4, -0.2) is 37.5 Å². The van der Waals surface area contributed by atoms with Crippen molar-refractivity contribution in [1.82, 2.24) is 4.31 Å². The van der Waals surface area contributed by atoms with E-state index in [2.05, 4.69) is 16.6 Å². The molecule has 1 aromatic rings. The van der Waals surface area contributed by atoms with Crippen molar-refractivity contribution in [2.24, 2.45) is 0 Å². The van der Waals surface area contributed by atoms with Crippen molar-refractivity contribution in [3.63, 3.8) is 0 Å². The predicted octanol–water partition coefficient (Wildman–Crippen LogP) is 1.03. The van der Waals surface area contributed by atoms with Gasteiger partial charge in [-0.3, -0.25) is 4.72 Å². The van der Waals surface area contributed by atoms with Gasteiger partial charge in [-0.25, -0.2) is 0 Å². The lowest BCUT2D eigenvalue weighted by atomic mass is 10.2. The van der Waals surface area contributed by atoms with Crippen LogP contribution in [0.3, 0.4) is 0 Å². The van der Waals surface area contributed by atoms with E-state index in [1.165, 1.54) is 4.31 Å². The normalized spacial score (nSPS) is 10.9. The predicted molar refractivity (Wildman–Crippen MR) is 75.9 cm³/mol. The molecule has 0 saturated carbocycles. The Hall–Kier alpha value is -1.55. The van der Waals surface area contributed by atoms with Gasteiger partial charge < -0.3 is 5.11 Å². The average molecular weight is 282 g/mol. The second-order valence-electron chi connectivity index (χ2n) is 3.70. The molecule has 1 rings (SSSR count). The van der Waals surface area contributed by atoms with Gasteiger partial charge in [0.05, 0.1) is 5.69 Å². The molecule has 0 atom stereocenters. The first-order valence-electron chi connectivity index (χ1n) is 6.01. The molecule has 0 fully saturated rings. The Labute approximate surface area is 114 Å². The minimum Gasteiger partial charge on any atom is -0.384 e. The van der Waals surface area contributed by atoms with E-state index in [-0.39, 0.29) is 6.61 Å². The molecule has 0 aliphatic carbocycles. The third kappa shape index (κ3) is 4.24. The summed E-state index contributed by atoms with van der Waals surface area (Å²) in [6, 6.07) is 6.83. The van der Waals surface area contributed by atoms with Gasteiger partial charge in [0, 0.05) is 18.7 Å². The number of para-hydroxylation sites is 1. The van der Waals surface area contributed by atoms with Crippen LogP contribution in [-0.2, 0) is 10.2 Å². The number of aliphatic hydroxyl groups is 1. The molecule has 0 spiro atoms. The van der Waals surface area contributed by atoms with Gasteiger partial charge >= 0.3 is 10.2 Å². The SMILES string of the molecule is CCN(CC)S(=O)(=O)Nc1ccccc1C#CCO. The Balaban J connectivity index is 3.06. The van der Waals surface area contributed by atoms with Gasteiger partial charge in [0.25, 0.3) is 0 Å². The number of nitrogens with zero attached hydrogens (tertiary/aromatic N) is 1. The summed E-state index contributed by atoms with van der Waals surface area (Å²) in [6.07, 6.45) is 0. The summed E-state index contributed by atoms with van der Waals surface area (Å²) in [4.78, 5) is 0. The van der Waals surface area contributed by atoms with Crippen molar-refractivity contribution in [1.29, 1.82) is 0 Å². The lowest BCUT2D eigenvalue weighted by molar-refractivity contribution is 0.350. The Morgan fingerprint density at radius 2 is 1.89 bits per heavy atom. The first kappa shape index (κ1) is 15.5. The maximum atomic E-state index is 12.1. The Morgan fingerprint density at radius 3 is 2.47 bits per heavy atom. The topological polar surface area (TPSA) is 69.6 Å². The maximum absolute atomic E-state index is 12.1. The van der Waals surface area contributed by atoms with E-state index in [1.54, 1.807) is 38.1 Å². The number of nitrogens with one attached hydrogen (secondary N) is 1. The molecule has 19 heavy (non-hydrogen) atoms. The first-order valence-corrected chi connectivity index (χ1v) is 7.45. The van der Waals surface area contributed by atoms with E-state index in [0.29, 0.717) is 24.3 Å². The Morgan fingerprint density at radius 1 is 1.26 bits per heavy atom. The van der Waals surface area contributed by atoms with Gasteiger partial charge in [0.15, 0.2) is 0 Å². The molecule has 0 amide bonds. The highest BCUT2D eigenvalue weighted by atomic mass is 32.2. The second-order valence-corrected chi connectivity index (χ2v) is 5.37. The summed E-state index contributed by atoms with van der Waals surface area (Å²) in [6.45, 7) is 4.09. The molecular weight excluding hydrogens is 264 g/mol. The van der Waals surface area contributed by atoms with Crippen LogP contribution in [0.5, 0.6) is 0 Å². The quantitative estimate of drug-likeness (QED) is 0.793. The van der Waals surface area contributed by atoms with E-state index in [0.717, 1.165) is 0 Å². The fraction of sp³-hybridized carbons (Fsp3) is 0.385. The number of rotatable bonds is 5. The van der Waals surface area contributed by atoms with Gasteiger partial charge in [0.2, 0.25) is 0 Å². The van der Waals surface area contributed by atoms with Crippen molar-refractivity contribution < 1.29 is 13.5 Å². The highest BCUT2D eigenvalue weighted by molar-refractivity contribution is 7.90. The molecule has 104 valence electrons. The van der Waals surface area contributed by atoms with Gasteiger partial charge in [-0.2, -0.15) is 12.7 Å². The molecular formula is C13H18N2O3S. The van der Waals surface area contributed by atoms with Crippen molar-refractivity contribution in [3.05, 3.63) is 29.8 Å². The molecule has 0 heterocycles. The maximum Gasteiger partial charge on any atom is 0.301 e. The highest BCUT2D eigenvalue weighted by Crippen LogP contribution is 2.16. The van der Waals surface area contributed by atoms with Crippen LogP contribution in [0.15, 0.2) is 24.3 Å². The van der Waals surface area contributed by atoms with Crippen LogP contribution in [0.25, 0.3) is 0 Å². The zero-order valence-corrected chi connectivity index (χ0v) is 11.9. The van der Waals surface area contributed by atoms with Crippen molar-refractivity contribution in [2.45, 2.75) is 13.8 Å². The van der Waals surface area contributed by atoms with Crippen LogP contribution in [0.4, 0.5) is 5.69 Å². The van der Waals surface area contributed by atoms with E-state index < -0.39 is 10.2 Å². The molecule has 0 unspecified atom stereocenters. The average Bonchev–Trinajstić information content (AvgIpc) is 2.38. The number of hydrogen-bond acceptors (Lipinski definition) is 3. The molecule has 1 aromatic carbocycles. The molecule has 0 bridgehead atoms. The minimum absolute atomic E-state index is 0.267. The standard InChI is InChI=1S/C13H18N2O3S/c1-3-15(4-2)19(17,18)14-13-10-6-5-8-12(13)9-7-11-16/h5-6,8,10,14,16H,3-4,11H2,1-2H3. The van der Waals surface area contributed by atoms with Gasteiger partial charge in [-0.15, -0.1) is 0 Å². The minimum atomic E-state index is -3.57. The van der Waals surface area contributed by atoms with Crippen LogP contribution < -0.4 is 4.72 Å². The van der Waals surface area contributed by atoms with Gasteiger partial charge in [-0.05, 0) is 12.1 Å². The van der Waals surface area contributed by atoms with Crippen molar-refractivity contribution in [2.75, 3.05) is 24.4 Å². The zero-order chi connectivity index (χ0) is 14.3. The summed E-state index contributed by atoms with van der Waals surface area (Å²) in [7, 11) is -3.57. The van der Waals surface area contributed by atoms with Crippen molar-refractivity contribution >= 4 is 15.9 Å². The number of benzene rings is 1. The molecule has 0 saturated heterocycles. The van der Waals surface area contributed by atoms with Gasteiger partial charge in [-0.1, -0.05) is 37.8 Å². The molecule has 0 aliphatic heterocycles. The van der Waals surface area contributed by atoms with Crippen molar-refractivity contribution in [3.8, 4) is 11.8 Å². The molecule has 5 nitrogen and oxygen atoms in total. The largest absolute Gasteiger partial charge is 0.384 e. The third-order valence-electron chi connectivity index (χ3n) is 2.51. The summed E-state index contributed by atoms with van der Waals surface area (Å²) < 4.78 is 28.0. The summed E-state index contributed by atoms with van der Waals surface area (Å²) in [5, 5.41) is 8.69. The van der Waals surface area contributed by atoms with E-state index in [4.69, 9.17) is 5.11 Å². The molecule has 0 aromatic heterocycles. The number of aliphatic hydroxyl groups excluding tert-OH is 1. The summed E-state index contributed by atoms with van der Waals surface area (Å²) in [5.41, 5.74) is 0.947. The summed E-state index contributed by atoms with van der Waals surface area (Å²) >= 11 is 0. The van der Waals surface area contributed by atoms with Crippen LogP contribution in [0.2, 0.25) is 0 Å². The second kappa shape index (κ2) is 7.14. The zero-order valence-electron chi connectivity index (χ0n) is 11.0. The molecule has 0 radical (unpaired) electrons. The van der Waals surface area contributed by atoms with E-state index in [1.807, 2.05) is 0 Å². The lowest BCUT2D eigenvalue weighted by Gasteiger charge is -2.19. The number of hydrogen-bond donors (Lipinski definition) is 2. The van der Waals surface area contributed by atoms with E-state index in [9.17, 15) is 8.42 Å². The molecule has 0 aliphatic rings. The fourth-order valence-electron chi connectivity index (χ4n) is 1.58. The molecule has 6 heteroatoms.